The van der Waals surface area contributed by atoms with Crippen LogP contribution in [0.5, 0.6) is 0 Å². The van der Waals surface area contributed by atoms with Gasteiger partial charge >= 0.3 is 5.97 Å². The summed E-state index contributed by atoms with van der Waals surface area (Å²) in [6, 6.07) is 5.11. The molecule has 0 saturated heterocycles. The van der Waals surface area contributed by atoms with Gasteiger partial charge < -0.3 is 10.5 Å². The maximum Gasteiger partial charge on any atom is 0.357 e. The minimum Gasteiger partial charge on any atom is -0.464 e. The zero-order valence-electron chi connectivity index (χ0n) is 14.7. The lowest BCUT2D eigenvalue weighted by atomic mass is 9.98. The van der Waals surface area contributed by atoms with Crippen LogP contribution in [0.25, 0.3) is 22.0 Å². The van der Waals surface area contributed by atoms with Crippen LogP contribution in [0.15, 0.2) is 30.6 Å². The molecule has 26 heavy (non-hydrogen) atoms. The van der Waals surface area contributed by atoms with E-state index in [1.54, 1.807) is 37.5 Å². The van der Waals surface area contributed by atoms with Gasteiger partial charge in [-0.1, -0.05) is 6.92 Å². The highest BCUT2D eigenvalue weighted by atomic mass is 16.5. The number of rotatable bonds is 4. The first kappa shape index (κ1) is 17.5. The van der Waals surface area contributed by atoms with Crippen LogP contribution in [0.1, 0.15) is 39.9 Å². The Morgan fingerprint density at radius 3 is 2.54 bits per heavy atom. The van der Waals surface area contributed by atoms with Gasteiger partial charge in [0.25, 0.3) is 0 Å². The maximum atomic E-state index is 12.3. The van der Waals surface area contributed by atoms with E-state index in [1.165, 1.54) is 7.11 Å². The molecule has 3 aromatic rings. The Bertz CT molecular complexity index is 1030. The molecule has 132 valence electrons. The number of aromatic nitrogens is 3. The quantitative estimate of drug-likeness (QED) is 0.569. The summed E-state index contributed by atoms with van der Waals surface area (Å²) in [7, 11) is 1.30. The zero-order chi connectivity index (χ0) is 18.8. The van der Waals surface area contributed by atoms with Gasteiger partial charge in [-0.3, -0.25) is 9.78 Å². The highest BCUT2D eigenvalue weighted by molar-refractivity contribution is 6.00. The molecule has 0 bridgehead atoms. The molecule has 0 atom stereocenters. The Labute approximate surface area is 150 Å². The number of esters is 1. The second-order valence-electron chi connectivity index (χ2n) is 5.84. The fourth-order valence-corrected chi connectivity index (χ4v) is 2.71. The lowest BCUT2D eigenvalue weighted by molar-refractivity contribution is 0.0595. The molecule has 0 aliphatic heterocycles. The zero-order valence-corrected chi connectivity index (χ0v) is 14.7. The predicted octanol–water partition coefficient (Wildman–Crippen LogP) is 2.96. The van der Waals surface area contributed by atoms with Crippen molar-refractivity contribution in [1.82, 2.24) is 15.0 Å². The molecule has 3 aromatic heterocycles. The topological polar surface area (TPSA) is 108 Å². The number of aryl methyl sites for hydroxylation is 1. The van der Waals surface area contributed by atoms with Gasteiger partial charge in [-0.05, 0) is 24.6 Å². The summed E-state index contributed by atoms with van der Waals surface area (Å²) in [6.07, 6.45) is 3.56. The third-order valence-electron chi connectivity index (χ3n) is 4.11. The van der Waals surface area contributed by atoms with E-state index in [9.17, 15) is 9.59 Å². The van der Waals surface area contributed by atoms with Gasteiger partial charge in [0, 0.05) is 41.4 Å². The number of nitrogens with two attached hydrogens (primary N) is 1. The number of methoxy groups -OCH3 is 1. The number of ketones is 1. The maximum absolute atomic E-state index is 12.3. The van der Waals surface area contributed by atoms with Gasteiger partial charge in [0.2, 0.25) is 0 Å². The third kappa shape index (κ3) is 3.11. The smallest absolute Gasteiger partial charge is 0.357 e. The Morgan fingerprint density at radius 2 is 1.88 bits per heavy atom. The fourth-order valence-electron chi connectivity index (χ4n) is 2.71. The number of ether oxygens (including phenoxy) is 1. The number of nitrogen functional groups attached to an aromatic ring is 1. The van der Waals surface area contributed by atoms with E-state index >= 15 is 0 Å². The van der Waals surface area contributed by atoms with Gasteiger partial charge in [-0.2, -0.15) is 0 Å². The van der Waals surface area contributed by atoms with E-state index in [1.807, 2.05) is 6.92 Å². The van der Waals surface area contributed by atoms with Crippen molar-refractivity contribution in [2.75, 3.05) is 12.8 Å². The summed E-state index contributed by atoms with van der Waals surface area (Å²) in [6.45, 7) is 3.64. The van der Waals surface area contributed by atoms with Crippen molar-refractivity contribution in [3.63, 3.8) is 0 Å². The van der Waals surface area contributed by atoms with Crippen molar-refractivity contribution < 1.29 is 14.3 Å². The normalized spacial score (nSPS) is 10.7. The Kier molecular flexibility index (Phi) is 4.62. The molecule has 0 spiro atoms. The number of pyridine rings is 3. The Morgan fingerprint density at radius 1 is 1.12 bits per heavy atom. The molecule has 7 heteroatoms. The van der Waals surface area contributed by atoms with Gasteiger partial charge in [0.15, 0.2) is 11.5 Å². The van der Waals surface area contributed by atoms with Crippen LogP contribution in [-0.2, 0) is 4.74 Å². The van der Waals surface area contributed by atoms with Crippen LogP contribution in [-0.4, -0.2) is 33.8 Å². The lowest BCUT2D eigenvalue weighted by Gasteiger charge is -2.12. The third-order valence-corrected chi connectivity index (χ3v) is 4.11. The van der Waals surface area contributed by atoms with Crippen molar-refractivity contribution >= 4 is 28.5 Å². The van der Waals surface area contributed by atoms with E-state index in [2.05, 4.69) is 15.0 Å². The Hall–Kier alpha value is -3.35. The molecular formula is C19H18N4O3. The van der Waals surface area contributed by atoms with E-state index in [0.29, 0.717) is 34.6 Å². The molecule has 0 unspecified atom stereocenters. The minimum atomic E-state index is -0.564. The number of Topliss-reactive ketones (excluding diaryl/α,β-unsaturated/α-hetero) is 1. The standard InChI is InChI=1S/C19H18N4O3/c1-4-16(24)15-5-10(2)13(9-21-15)12-6-11-8-22-17(20)7-14(11)23-18(12)19(25)26-3/h5-9H,4H2,1-3H3,(H2,20,22). The van der Waals surface area contributed by atoms with Crippen molar-refractivity contribution in [3.05, 3.63) is 47.5 Å². The SMILES string of the molecule is CCC(=O)c1cc(C)c(-c2cc3cnc(N)cc3nc2C(=O)OC)cn1. The average Bonchev–Trinajstić information content (AvgIpc) is 2.65. The van der Waals surface area contributed by atoms with Crippen molar-refractivity contribution in [3.8, 4) is 11.1 Å². The number of carbonyl (C=O) groups is 2. The molecule has 0 aliphatic carbocycles. The predicted molar refractivity (Wildman–Crippen MR) is 97.9 cm³/mol. The van der Waals surface area contributed by atoms with Crippen LogP contribution in [0.2, 0.25) is 0 Å². The summed E-state index contributed by atoms with van der Waals surface area (Å²) >= 11 is 0. The second kappa shape index (κ2) is 6.87. The van der Waals surface area contributed by atoms with Gasteiger partial charge in [0.05, 0.1) is 12.6 Å². The van der Waals surface area contributed by atoms with E-state index in [-0.39, 0.29) is 11.5 Å². The minimum absolute atomic E-state index is 0.0378. The van der Waals surface area contributed by atoms with Crippen LogP contribution in [0.4, 0.5) is 5.82 Å². The molecule has 3 heterocycles. The molecule has 0 radical (unpaired) electrons. The summed E-state index contributed by atoms with van der Waals surface area (Å²) in [4.78, 5) is 36.9. The van der Waals surface area contributed by atoms with Crippen LogP contribution >= 0.6 is 0 Å². The van der Waals surface area contributed by atoms with E-state index < -0.39 is 5.97 Å². The first-order valence-electron chi connectivity index (χ1n) is 8.09. The summed E-state index contributed by atoms with van der Waals surface area (Å²) in [5.74, 6) is -0.289. The fraction of sp³-hybridized carbons (Fsp3) is 0.211. The summed E-state index contributed by atoms with van der Waals surface area (Å²) < 4.78 is 4.87. The number of anilines is 1. The van der Waals surface area contributed by atoms with E-state index in [4.69, 9.17) is 10.5 Å². The molecule has 0 aromatic carbocycles. The molecular weight excluding hydrogens is 332 g/mol. The highest BCUT2D eigenvalue weighted by Crippen LogP contribution is 2.30. The van der Waals surface area contributed by atoms with Crippen LogP contribution < -0.4 is 5.73 Å². The monoisotopic (exact) mass is 350 g/mol. The molecule has 2 N–H and O–H groups in total. The first-order chi connectivity index (χ1) is 12.4. The lowest BCUT2D eigenvalue weighted by Crippen LogP contribution is -2.09. The summed E-state index contributed by atoms with van der Waals surface area (Å²) in [5.41, 5.74) is 8.88. The molecule has 3 rings (SSSR count). The first-order valence-corrected chi connectivity index (χ1v) is 8.09. The number of hydrogen-bond acceptors (Lipinski definition) is 7. The van der Waals surface area contributed by atoms with Crippen LogP contribution in [0.3, 0.4) is 0 Å². The molecule has 0 amide bonds. The number of fused-ring (bicyclic) bond motifs is 1. The molecule has 7 nitrogen and oxygen atoms in total. The summed E-state index contributed by atoms with van der Waals surface area (Å²) in [5, 5.41) is 0.731. The average molecular weight is 350 g/mol. The number of carbonyl (C=O) groups excluding carboxylic acids is 2. The van der Waals surface area contributed by atoms with Gasteiger partial charge in [-0.15, -0.1) is 0 Å². The highest BCUT2D eigenvalue weighted by Gasteiger charge is 2.19. The van der Waals surface area contributed by atoms with Crippen molar-refractivity contribution in [2.24, 2.45) is 0 Å². The van der Waals surface area contributed by atoms with E-state index in [0.717, 1.165) is 10.9 Å². The van der Waals surface area contributed by atoms with Gasteiger partial charge in [0.1, 0.15) is 11.5 Å². The molecule has 0 fully saturated rings. The second-order valence-corrected chi connectivity index (χ2v) is 5.84. The largest absolute Gasteiger partial charge is 0.464 e. The molecule has 0 aliphatic rings. The van der Waals surface area contributed by atoms with Crippen molar-refractivity contribution in [1.29, 1.82) is 0 Å². The van der Waals surface area contributed by atoms with Crippen LogP contribution in [0, 0.1) is 6.92 Å². The Balaban J connectivity index is 2.24. The number of hydrogen-bond donors (Lipinski definition) is 1. The van der Waals surface area contributed by atoms with Crippen molar-refractivity contribution in [2.45, 2.75) is 20.3 Å². The number of nitrogens with zero attached hydrogens (tertiary/aromatic N) is 3. The van der Waals surface area contributed by atoms with Gasteiger partial charge in [-0.25, -0.2) is 14.8 Å². The molecule has 0 saturated carbocycles.